The number of hydrogen-bond acceptors (Lipinski definition) is 7. The number of rotatable bonds is 6. The monoisotopic (exact) mass is 307 g/mol. The summed E-state index contributed by atoms with van der Waals surface area (Å²) < 4.78 is 1.59. The number of aromatic amines is 1. The zero-order valence-electron chi connectivity index (χ0n) is 10.8. The van der Waals surface area contributed by atoms with E-state index in [0.717, 1.165) is 0 Å². The van der Waals surface area contributed by atoms with Gasteiger partial charge in [0.25, 0.3) is 5.56 Å². The molecule has 0 radical (unpaired) electrons. The molecular weight excluding hydrogens is 289 g/mol. The van der Waals surface area contributed by atoms with Crippen molar-refractivity contribution in [2.75, 3.05) is 25.6 Å². The standard InChI is InChI=1S/C11H17N5O4.Na.H/c12-10-14-8-7(9(20)15-10)13-6-16(8)2-1-11(3-17,4-18)5-19;;/h6,17-19H,1-5H2,(H3,12,14,15,20);;. The Morgan fingerprint density at radius 1 is 1.29 bits per heavy atom. The third-order valence-electron chi connectivity index (χ3n) is 3.38. The van der Waals surface area contributed by atoms with E-state index in [4.69, 9.17) is 5.73 Å². The maximum absolute atomic E-state index is 11.6. The molecule has 6 N–H and O–H groups in total. The number of nitrogen functional groups attached to an aromatic ring is 1. The van der Waals surface area contributed by atoms with Gasteiger partial charge in [0.1, 0.15) is 0 Å². The number of imidazole rings is 1. The molecule has 2 heterocycles. The molecule has 0 spiro atoms. The predicted octanol–water partition coefficient (Wildman–Crippen LogP) is -2.59. The fourth-order valence-electron chi connectivity index (χ4n) is 1.88. The quantitative estimate of drug-likeness (QED) is 0.367. The molecule has 0 aliphatic carbocycles. The predicted molar refractivity (Wildman–Crippen MR) is 78.0 cm³/mol. The van der Waals surface area contributed by atoms with Gasteiger partial charge >= 0.3 is 29.6 Å². The van der Waals surface area contributed by atoms with Crippen molar-refractivity contribution in [3.8, 4) is 0 Å². The van der Waals surface area contributed by atoms with E-state index in [1.54, 1.807) is 4.57 Å². The van der Waals surface area contributed by atoms with E-state index in [1.165, 1.54) is 6.33 Å². The fraction of sp³-hybridized carbons (Fsp3) is 0.545. The molecule has 112 valence electrons. The summed E-state index contributed by atoms with van der Waals surface area (Å²) in [5.41, 5.74) is 4.57. The summed E-state index contributed by atoms with van der Waals surface area (Å²) in [5.74, 6) is -0.0120. The molecule has 21 heavy (non-hydrogen) atoms. The van der Waals surface area contributed by atoms with E-state index in [0.29, 0.717) is 18.6 Å². The van der Waals surface area contributed by atoms with E-state index in [9.17, 15) is 20.1 Å². The third kappa shape index (κ3) is 3.62. The zero-order valence-corrected chi connectivity index (χ0v) is 10.8. The van der Waals surface area contributed by atoms with Gasteiger partial charge in [0.15, 0.2) is 11.2 Å². The van der Waals surface area contributed by atoms with Gasteiger partial charge in [-0.15, -0.1) is 0 Å². The van der Waals surface area contributed by atoms with Gasteiger partial charge in [-0.2, -0.15) is 4.98 Å². The number of nitrogens with one attached hydrogen (secondary N) is 1. The zero-order chi connectivity index (χ0) is 14.8. The second-order valence-electron chi connectivity index (χ2n) is 4.79. The van der Waals surface area contributed by atoms with E-state index in [-0.39, 0.29) is 60.8 Å². The topological polar surface area (TPSA) is 150 Å². The maximum atomic E-state index is 11.6. The van der Waals surface area contributed by atoms with Crippen LogP contribution in [0.15, 0.2) is 11.1 Å². The average molecular weight is 307 g/mol. The van der Waals surface area contributed by atoms with Crippen LogP contribution < -0.4 is 11.3 Å². The van der Waals surface area contributed by atoms with Crippen molar-refractivity contribution in [2.45, 2.75) is 13.0 Å². The Hall–Kier alpha value is -0.970. The normalized spacial score (nSPS) is 11.6. The number of fused-ring (bicyclic) bond motifs is 1. The molecule has 0 aromatic carbocycles. The number of aliphatic hydroxyl groups is 3. The number of aryl methyl sites for hydroxylation is 1. The van der Waals surface area contributed by atoms with E-state index >= 15 is 0 Å². The first-order chi connectivity index (χ1) is 9.55. The van der Waals surface area contributed by atoms with Crippen molar-refractivity contribution in [1.82, 2.24) is 19.5 Å². The first-order valence-corrected chi connectivity index (χ1v) is 6.08. The van der Waals surface area contributed by atoms with Gasteiger partial charge in [-0.25, -0.2) is 4.98 Å². The molecule has 2 aromatic rings. The Morgan fingerprint density at radius 3 is 2.48 bits per heavy atom. The van der Waals surface area contributed by atoms with Gasteiger partial charge in [-0.05, 0) is 6.42 Å². The summed E-state index contributed by atoms with van der Waals surface area (Å²) in [6.45, 7) is -0.706. The molecule has 0 unspecified atom stereocenters. The molecule has 0 fully saturated rings. The molecule has 10 heteroatoms. The third-order valence-corrected chi connectivity index (χ3v) is 3.38. The molecule has 2 rings (SSSR count). The first-order valence-electron chi connectivity index (χ1n) is 6.08. The van der Waals surface area contributed by atoms with Crippen LogP contribution in [0.1, 0.15) is 6.42 Å². The first kappa shape index (κ1) is 18.1. The second kappa shape index (κ2) is 7.34. The van der Waals surface area contributed by atoms with Crippen LogP contribution >= 0.6 is 0 Å². The molecule has 0 saturated carbocycles. The Kier molecular flexibility index (Phi) is 6.32. The minimum atomic E-state index is -0.983. The summed E-state index contributed by atoms with van der Waals surface area (Å²) >= 11 is 0. The molecule has 0 atom stereocenters. The van der Waals surface area contributed by atoms with Crippen LogP contribution in [0.3, 0.4) is 0 Å². The number of H-pyrrole nitrogens is 1. The van der Waals surface area contributed by atoms with Crippen LogP contribution in [0.25, 0.3) is 11.2 Å². The van der Waals surface area contributed by atoms with Gasteiger partial charge in [0.05, 0.1) is 26.1 Å². The molecule has 9 nitrogen and oxygen atoms in total. The second-order valence-corrected chi connectivity index (χ2v) is 4.79. The fourth-order valence-corrected chi connectivity index (χ4v) is 1.88. The van der Waals surface area contributed by atoms with Crippen molar-refractivity contribution in [2.24, 2.45) is 5.41 Å². The summed E-state index contributed by atoms with van der Waals surface area (Å²) in [6, 6.07) is 0. The summed E-state index contributed by atoms with van der Waals surface area (Å²) in [7, 11) is 0. The Balaban J connectivity index is 0.00000220. The number of anilines is 1. The molecule has 0 bridgehead atoms. The number of aliphatic hydroxyl groups excluding tert-OH is 3. The number of aromatic nitrogens is 4. The minimum absolute atomic E-state index is 0. The molecule has 0 aliphatic heterocycles. The van der Waals surface area contributed by atoms with Crippen molar-refractivity contribution in [1.29, 1.82) is 0 Å². The van der Waals surface area contributed by atoms with Crippen LogP contribution in [-0.2, 0) is 6.54 Å². The number of nitrogens with two attached hydrogens (primary N) is 1. The SMILES string of the molecule is Nc1nc2c(ncn2CCC(CO)(CO)CO)c(=O)[nH]1.[NaH]. The van der Waals surface area contributed by atoms with Crippen LogP contribution in [0.5, 0.6) is 0 Å². The van der Waals surface area contributed by atoms with Crippen LogP contribution in [0.4, 0.5) is 5.95 Å². The van der Waals surface area contributed by atoms with Crippen molar-refractivity contribution in [3.63, 3.8) is 0 Å². The van der Waals surface area contributed by atoms with Crippen molar-refractivity contribution < 1.29 is 15.3 Å². The van der Waals surface area contributed by atoms with E-state index < -0.39 is 11.0 Å². The van der Waals surface area contributed by atoms with Gasteiger partial charge < -0.3 is 25.6 Å². The molecular formula is C11H18N5NaO4. The summed E-state index contributed by atoms with van der Waals surface area (Å²) in [5, 5.41) is 27.8. The van der Waals surface area contributed by atoms with Crippen LogP contribution in [-0.4, -0.2) is 84.2 Å². The van der Waals surface area contributed by atoms with Gasteiger partial charge in [0, 0.05) is 12.0 Å². The average Bonchev–Trinajstić information content (AvgIpc) is 2.84. The van der Waals surface area contributed by atoms with E-state index in [2.05, 4.69) is 15.0 Å². The molecule has 0 amide bonds. The van der Waals surface area contributed by atoms with Crippen molar-refractivity contribution in [3.05, 3.63) is 16.7 Å². The van der Waals surface area contributed by atoms with Gasteiger partial charge in [-0.3, -0.25) is 9.78 Å². The van der Waals surface area contributed by atoms with Gasteiger partial charge in [-0.1, -0.05) is 0 Å². The number of nitrogens with zero attached hydrogens (tertiary/aromatic N) is 3. The van der Waals surface area contributed by atoms with Crippen molar-refractivity contribution >= 4 is 46.7 Å². The van der Waals surface area contributed by atoms with Crippen LogP contribution in [0, 0.1) is 5.41 Å². The summed E-state index contributed by atoms with van der Waals surface area (Å²) in [6.07, 6.45) is 1.74. The Bertz CT molecular complexity index is 643. The number of hydrogen-bond donors (Lipinski definition) is 5. The van der Waals surface area contributed by atoms with Gasteiger partial charge in [0.2, 0.25) is 5.95 Å². The Morgan fingerprint density at radius 2 is 1.90 bits per heavy atom. The molecule has 2 aromatic heterocycles. The van der Waals surface area contributed by atoms with Crippen LogP contribution in [0.2, 0.25) is 0 Å². The Labute approximate surface area is 142 Å². The summed E-state index contributed by atoms with van der Waals surface area (Å²) in [4.78, 5) is 21.9. The molecule has 0 aliphatic rings. The van der Waals surface area contributed by atoms with E-state index in [1.807, 2.05) is 0 Å². The molecule has 0 saturated heterocycles.